The van der Waals surface area contributed by atoms with E-state index in [9.17, 15) is 4.79 Å². The lowest BCUT2D eigenvalue weighted by atomic mass is 9.93. The van der Waals surface area contributed by atoms with Gasteiger partial charge in [-0.3, -0.25) is 4.79 Å². The average molecular weight is 359 g/mol. The molecule has 0 bridgehead atoms. The summed E-state index contributed by atoms with van der Waals surface area (Å²) in [6.07, 6.45) is 1.07. The molecule has 1 fully saturated rings. The number of nitrogens with zero attached hydrogens (tertiary/aromatic N) is 1. The molecule has 0 radical (unpaired) electrons. The van der Waals surface area contributed by atoms with Crippen LogP contribution in [-0.2, 0) is 6.54 Å². The van der Waals surface area contributed by atoms with Gasteiger partial charge in [-0.2, -0.15) is 0 Å². The van der Waals surface area contributed by atoms with Crippen LogP contribution in [0.5, 0.6) is 5.75 Å². The lowest BCUT2D eigenvalue weighted by Gasteiger charge is -2.22. The summed E-state index contributed by atoms with van der Waals surface area (Å²) >= 11 is 6.10. The number of methoxy groups -OCH3 is 1. The van der Waals surface area contributed by atoms with E-state index in [1.54, 1.807) is 18.1 Å². The molecule has 0 aliphatic carbocycles. The van der Waals surface area contributed by atoms with Crippen LogP contribution in [-0.4, -0.2) is 38.1 Å². The van der Waals surface area contributed by atoms with Crippen LogP contribution in [0.25, 0.3) is 0 Å². The molecule has 1 aliphatic rings. The molecular weight excluding hydrogens is 336 g/mol. The number of hydrogen-bond donors (Lipinski definition) is 1. The van der Waals surface area contributed by atoms with Crippen LogP contribution in [0.2, 0.25) is 5.02 Å². The van der Waals surface area contributed by atoms with Crippen LogP contribution >= 0.6 is 11.6 Å². The third kappa shape index (κ3) is 3.97. The first-order chi connectivity index (χ1) is 12.1. The van der Waals surface area contributed by atoms with Crippen molar-refractivity contribution in [1.29, 1.82) is 0 Å². The summed E-state index contributed by atoms with van der Waals surface area (Å²) in [5, 5.41) is 4.00. The van der Waals surface area contributed by atoms with E-state index in [1.807, 2.05) is 37.4 Å². The Kier molecular flexibility index (Phi) is 5.61. The van der Waals surface area contributed by atoms with Gasteiger partial charge >= 0.3 is 0 Å². The molecule has 132 valence electrons. The van der Waals surface area contributed by atoms with Crippen LogP contribution in [0.15, 0.2) is 42.5 Å². The Morgan fingerprint density at radius 3 is 2.84 bits per heavy atom. The summed E-state index contributed by atoms with van der Waals surface area (Å²) in [5.74, 6) is 1.15. The number of carbonyl (C=O) groups excluding carboxylic acids is 1. The molecule has 2 aromatic carbocycles. The number of carbonyl (C=O) groups is 1. The molecule has 4 nitrogen and oxygen atoms in total. The maximum Gasteiger partial charge on any atom is 0.254 e. The summed E-state index contributed by atoms with van der Waals surface area (Å²) in [6.45, 7) is 2.37. The first kappa shape index (κ1) is 17.8. The van der Waals surface area contributed by atoms with Gasteiger partial charge in [-0.05, 0) is 48.7 Å². The van der Waals surface area contributed by atoms with Crippen molar-refractivity contribution < 1.29 is 9.53 Å². The van der Waals surface area contributed by atoms with E-state index in [0.717, 1.165) is 42.0 Å². The molecule has 0 spiro atoms. The van der Waals surface area contributed by atoms with Gasteiger partial charge in [-0.15, -0.1) is 0 Å². The molecule has 0 aromatic heterocycles. The second-order valence-corrected chi connectivity index (χ2v) is 6.83. The van der Waals surface area contributed by atoms with Crippen LogP contribution < -0.4 is 10.1 Å². The van der Waals surface area contributed by atoms with Crippen molar-refractivity contribution in [1.82, 2.24) is 10.2 Å². The van der Waals surface area contributed by atoms with Crippen molar-refractivity contribution >= 4 is 17.5 Å². The van der Waals surface area contributed by atoms with Gasteiger partial charge in [0, 0.05) is 36.3 Å². The Labute approximate surface area is 153 Å². The minimum Gasteiger partial charge on any atom is -0.496 e. The first-order valence-corrected chi connectivity index (χ1v) is 8.85. The van der Waals surface area contributed by atoms with Gasteiger partial charge in [-0.1, -0.05) is 29.8 Å². The van der Waals surface area contributed by atoms with Gasteiger partial charge in [-0.25, -0.2) is 0 Å². The predicted molar refractivity (Wildman–Crippen MR) is 100 cm³/mol. The Morgan fingerprint density at radius 1 is 1.32 bits per heavy atom. The Morgan fingerprint density at radius 2 is 2.12 bits per heavy atom. The summed E-state index contributed by atoms with van der Waals surface area (Å²) in [4.78, 5) is 14.8. The topological polar surface area (TPSA) is 41.6 Å². The number of hydrogen-bond acceptors (Lipinski definition) is 3. The van der Waals surface area contributed by atoms with Gasteiger partial charge in [0.25, 0.3) is 5.91 Å². The molecule has 1 amide bonds. The van der Waals surface area contributed by atoms with Gasteiger partial charge in [0.1, 0.15) is 5.75 Å². The Balaban J connectivity index is 1.83. The van der Waals surface area contributed by atoms with Crippen molar-refractivity contribution in [2.75, 3.05) is 27.2 Å². The van der Waals surface area contributed by atoms with Crippen LogP contribution in [0, 0.1) is 0 Å². The Hall–Kier alpha value is -2.04. The predicted octanol–water partition coefficient (Wildman–Crippen LogP) is 3.70. The second kappa shape index (κ2) is 7.89. The highest BCUT2D eigenvalue weighted by atomic mass is 35.5. The third-order valence-electron chi connectivity index (χ3n) is 4.69. The van der Waals surface area contributed by atoms with Crippen LogP contribution in [0.1, 0.15) is 33.8 Å². The monoisotopic (exact) mass is 358 g/mol. The zero-order valence-electron chi connectivity index (χ0n) is 14.6. The van der Waals surface area contributed by atoms with E-state index in [0.29, 0.717) is 17.5 Å². The zero-order chi connectivity index (χ0) is 17.8. The van der Waals surface area contributed by atoms with Crippen molar-refractivity contribution in [3.05, 3.63) is 64.2 Å². The molecule has 1 aliphatic heterocycles. The molecule has 1 saturated heterocycles. The summed E-state index contributed by atoms with van der Waals surface area (Å²) in [6, 6.07) is 13.4. The van der Waals surface area contributed by atoms with Gasteiger partial charge in [0.2, 0.25) is 0 Å². The summed E-state index contributed by atoms with van der Waals surface area (Å²) in [5.41, 5.74) is 2.80. The molecule has 1 atom stereocenters. The van der Waals surface area contributed by atoms with Crippen molar-refractivity contribution in [2.24, 2.45) is 0 Å². The SMILES string of the molecule is COc1ccc(Cl)cc1CN(C)C(=O)c1ccccc1[C@H]1CCNC1. The van der Waals surface area contributed by atoms with E-state index >= 15 is 0 Å². The minimum atomic E-state index is 0.0181. The molecule has 1 N–H and O–H groups in total. The van der Waals surface area contributed by atoms with Gasteiger partial charge < -0.3 is 15.0 Å². The number of nitrogens with one attached hydrogen (secondary N) is 1. The van der Waals surface area contributed by atoms with Crippen LogP contribution in [0.3, 0.4) is 0 Å². The highest BCUT2D eigenvalue weighted by molar-refractivity contribution is 6.30. The first-order valence-electron chi connectivity index (χ1n) is 8.47. The van der Waals surface area contributed by atoms with E-state index in [1.165, 1.54) is 0 Å². The fourth-order valence-corrected chi connectivity index (χ4v) is 3.57. The zero-order valence-corrected chi connectivity index (χ0v) is 15.3. The Bertz CT molecular complexity index is 757. The number of amides is 1. The standard InChI is InChI=1S/C20H23ClN2O2/c1-23(13-15-11-16(21)7-8-19(15)25-2)20(24)18-6-4-3-5-17(18)14-9-10-22-12-14/h3-8,11,14,22H,9-10,12-13H2,1-2H3/t14-/m0/s1. The van der Waals surface area contributed by atoms with E-state index < -0.39 is 0 Å². The van der Waals surface area contributed by atoms with Crippen LogP contribution in [0.4, 0.5) is 0 Å². The highest BCUT2D eigenvalue weighted by Crippen LogP contribution is 2.28. The van der Waals surface area contributed by atoms with E-state index in [2.05, 4.69) is 11.4 Å². The van der Waals surface area contributed by atoms with E-state index in [-0.39, 0.29) is 5.91 Å². The molecule has 0 unspecified atom stereocenters. The van der Waals surface area contributed by atoms with Crippen molar-refractivity contribution in [2.45, 2.75) is 18.9 Å². The lowest BCUT2D eigenvalue weighted by molar-refractivity contribution is 0.0782. The average Bonchev–Trinajstić information content (AvgIpc) is 3.16. The number of benzene rings is 2. The largest absolute Gasteiger partial charge is 0.496 e. The minimum absolute atomic E-state index is 0.0181. The summed E-state index contributed by atoms with van der Waals surface area (Å²) < 4.78 is 5.39. The van der Waals surface area contributed by atoms with E-state index in [4.69, 9.17) is 16.3 Å². The molecule has 25 heavy (non-hydrogen) atoms. The fourth-order valence-electron chi connectivity index (χ4n) is 3.37. The molecule has 5 heteroatoms. The molecule has 0 saturated carbocycles. The fraction of sp³-hybridized carbons (Fsp3) is 0.350. The molecule has 3 rings (SSSR count). The number of ether oxygens (including phenoxy) is 1. The smallest absolute Gasteiger partial charge is 0.254 e. The van der Waals surface area contributed by atoms with Crippen molar-refractivity contribution in [3.8, 4) is 5.75 Å². The second-order valence-electron chi connectivity index (χ2n) is 6.39. The third-order valence-corrected chi connectivity index (χ3v) is 4.92. The molecule has 1 heterocycles. The maximum absolute atomic E-state index is 13.0. The quantitative estimate of drug-likeness (QED) is 0.886. The van der Waals surface area contributed by atoms with Gasteiger partial charge in [0.05, 0.1) is 7.11 Å². The molecular formula is C20H23ClN2O2. The maximum atomic E-state index is 13.0. The van der Waals surface area contributed by atoms with Gasteiger partial charge in [0.15, 0.2) is 0 Å². The molecule has 2 aromatic rings. The highest BCUT2D eigenvalue weighted by Gasteiger charge is 2.24. The summed E-state index contributed by atoms with van der Waals surface area (Å²) in [7, 11) is 3.43. The van der Waals surface area contributed by atoms with Crippen molar-refractivity contribution in [3.63, 3.8) is 0 Å². The number of halogens is 1. The normalized spacial score (nSPS) is 16.7. The number of rotatable bonds is 5. The lowest BCUT2D eigenvalue weighted by Crippen LogP contribution is -2.28.